The lowest BCUT2D eigenvalue weighted by Gasteiger charge is -2.30. The Balaban J connectivity index is 4.28. The van der Waals surface area contributed by atoms with Crippen molar-refractivity contribution in [3.8, 4) is 0 Å². The van der Waals surface area contributed by atoms with Gasteiger partial charge in [0.2, 0.25) is 0 Å². The molecule has 0 rings (SSSR count). The third-order valence-corrected chi connectivity index (χ3v) is 2.16. The zero-order valence-electron chi connectivity index (χ0n) is 12.3. The van der Waals surface area contributed by atoms with Gasteiger partial charge in [0.1, 0.15) is 5.60 Å². The van der Waals surface area contributed by atoms with Gasteiger partial charge in [0.15, 0.2) is 0 Å². The highest BCUT2D eigenvalue weighted by atomic mass is 16.6. The van der Waals surface area contributed by atoms with Gasteiger partial charge >= 0.3 is 6.09 Å². The largest absolute Gasteiger partial charge is 0.444 e. The zero-order chi connectivity index (χ0) is 13.6. The van der Waals surface area contributed by atoms with Crippen LogP contribution in [0.25, 0.3) is 0 Å². The number of carbonyl (C=O) groups excluding carboxylic acids is 1. The molecule has 0 bridgehead atoms. The van der Waals surface area contributed by atoms with Crippen LogP contribution >= 0.6 is 0 Å². The van der Waals surface area contributed by atoms with Crippen LogP contribution in [0.1, 0.15) is 48.5 Å². The quantitative estimate of drug-likeness (QED) is 0.808. The molecule has 0 saturated heterocycles. The predicted molar refractivity (Wildman–Crippen MR) is 71.2 cm³/mol. The highest BCUT2D eigenvalue weighted by Gasteiger charge is 2.23. The summed E-state index contributed by atoms with van der Waals surface area (Å²) >= 11 is 0. The molecule has 0 aliphatic carbocycles. The number of hydrogen-bond donors (Lipinski definition) is 1. The Hall–Kier alpha value is -0.770. The molecule has 0 aromatic carbocycles. The minimum atomic E-state index is -0.435. The van der Waals surface area contributed by atoms with E-state index in [1.165, 1.54) is 0 Å². The maximum Gasteiger partial charge on any atom is 0.410 e. The second-order valence-corrected chi connectivity index (χ2v) is 5.88. The van der Waals surface area contributed by atoms with Crippen molar-refractivity contribution in [3.63, 3.8) is 0 Å². The number of nitrogens with zero attached hydrogens (tertiary/aromatic N) is 1. The van der Waals surface area contributed by atoms with Gasteiger partial charge in [0, 0.05) is 25.2 Å². The van der Waals surface area contributed by atoms with Crippen LogP contribution in [0.3, 0.4) is 0 Å². The molecule has 0 radical (unpaired) electrons. The summed E-state index contributed by atoms with van der Waals surface area (Å²) < 4.78 is 5.38. The molecule has 4 heteroatoms. The molecule has 0 aliphatic rings. The van der Waals surface area contributed by atoms with Gasteiger partial charge in [-0.25, -0.2) is 4.79 Å². The standard InChI is InChI=1S/C13H28N2O2/c1-10(2)14-8-9-15(11(3)4)12(16)17-13(5,6)7/h10-11,14H,8-9H2,1-7H3. The molecule has 1 N–H and O–H groups in total. The molecule has 0 fully saturated rings. The molecule has 0 aromatic heterocycles. The van der Waals surface area contributed by atoms with E-state index >= 15 is 0 Å². The minimum absolute atomic E-state index is 0.152. The first kappa shape index (κ1) is 16.2. The molecule has 4 nitrogen and oxygen atoms in total. The summed E-state index contributed by atoms with van der Waals surface area (Å²) in [6.07, 6.45) is -0.238. The summed E-state index contributed by atoms with van der Waals surface area (Å²) in [7, 11) is 0. The lowest BCUT2D eigenvalue weighted by molar-refractivity contribution is 0.0192. The molecule has 0 unspecified atom stereocenters. The summed E-state index contributed by atoms with van der Waals surface area (Å²) in [5.74, 6) is 0. The van der Waals surface area contributed by atoms with Crippen LogP contribution in [0, 0.1) is 0 Å². The maximum atomic E-state index is 12.0. The molecule has 0 spiro atoms. The number of ether oxygens (including phenoxy) is 1. The molecule has 0 atom stereocenters. The fourth-order valence-corrected chi connectivity index (χ4v) is 1.35. The zero-order valence-corrected chi connectivity index (χ0v) is 12.3. The molecule has 0 aromatic rings. The Morgan fingerprint density at radius 1 is 1.24 bits per heavy atom. The van der Waals surface area contributed by atoms with Gasteiger partial charge in [-0.1, -0.05) is 13.8 Å². The summed E-state index contributed by atoms with van der Waals surface area (Å²) in [5.41, 5.74) is -0.435. The smallest absolute Gasteiger partial charge is 0.410 e. The highest BCUT2D eigenvalue weighted by molar-refractivity contribution is 5.68. The first-order chi connectivity index (χ1) is 7.63. The Morgan fingerprint density at radius 2 is 1.76 bits per heavy atom. The van der Waals surface area contributed by atoms with Crippen molar-refractivity contribution in [2.75, 3.05) is 13.1 Å². The fraction of sp³-hybridized carbons (Fsp3) is 0.923. The van der Waals surface area contributed by atoms with E-state index in [1.54, 1.807) is 4.90 Å². The number of rotatable bonds is 5. The van der Waals surface area contributed by atoms with Crippen molar-refractivity contribution in [1.82, 2.24) is 10.2 Å². The summed E-state index contributed by atoms with van der Waals surface area (Å²) in [6.45, 7) is 15.3. The average Bonchev–Trinajstić information content (AvgIpc) is 2.07. The first-order valence-electron chi connectivity index (χ1n) is 6.36. The van der Waals surface area contributed by atoms with Gasteiger partial charge in [0.25, 0.3) is 0 Å². The van der Waals surface area contributed by atoms with Gasteiger partial charge in [-0.3, -0.25) is 0 Å². The van der Waals surface area contributed by atoms with Gasteiger partial charge < -0.3 is 15.0 Å². The van der Waals surface area contributed by atoms with Crippen LogP contribution in [0.5, 0.6) is 0 Å². The Morgan fingerprint density at radius 3 is 2.12 bits per heavy atom. The van der Waals surface area contributed by atoms with Gasteiger partial charge in [0.05, 0.1) is 0 Å². The maximum absolute atomic E-state index is 12.0. The number of nitrogens with one attached hydrogen (secondary N) is 1. The second-order valence-electron chi connectivity index (χ2n) is 5.88. The average molecular weight is 244 g/mol. The van der Waals surface area contributed by atoms with E-state index in [9.17, 15) is 4.79 Å². The van der Waals surface area contributed by atoms with E-state index in [1.807, 2.05) is 34.6 Å². The van der Waals surface area contributed by atoms with E-state index in [-0.39, 0.29) is 12.1 Å². The molecular formula is C13H28N2O2. The Bertz CT molecular complexity index is 232. The molecule has 17 heavy (non-hydrogen) atoms. The summed E-state index contributed by atoms with van der Waals surface area (Å²) in [6, 6.07) is 0.585. The van der Waals surface area contributed by atoms with Crippen molar-refractivity contribution in [2.24, 2.45) is 0 Å². The van der Waals surface area contributed by atoms with Crippen LogP contribution in [0.2, 0.25) is 0 Å². The molecular weight excluding hydrogens is 216 g/mol. The van der Waals surface area contributed by atoms with E-state index in [0.717, 1.165) is 6.54 Å². The van der Waals surface area contributed by atoms with Crippen molar-refractivity contribution in [3.05, 3.63) is 0 Å². The normalized spacial score (nSPS) is 12.1. The van der Waals surface area contributed by atoms with Crippen molar-refractivity contribution < 1.29 is 9.53 Å². The number of carbonyl (C=O) groups is 1. The monoisotopic (exact) mass is 244 g/mol. The summed E-state index contributed by atoms with van der Waals surface area (Å²) in [5, 5.41) is 3.30. The highest BCUT2D eigenvalue weighted by Crippen LogP contribution is 2.11. The van der Waals surface area contributed by atoms with Crippen LogP contribution in [-0.2, 0) is 4.74 Å². The van der Waals surface area contributed by atoms with Crippen molar-refractivity contribution in [1.29, 1.82) is 0 Å². The lowest BCUT2D eigenvalue weighted by atomic mass is 10.2. The van der Waals surface area contributed by atoms with Crippen LogP contribution in [0.15, 0.2) is 0 Å². The SMILES string of the molecule is CC(C)NCCN(C(=O)OC(C)(C)C)C(C)C. The molecule has 0 saturated carbocycles. The molecule has 0 heterocycles. The van der Waals surface area contributed by atoms with Crippen LogP contribution < -0.4 is 5.32 Å². The van der Waals surface area contributed by atoms with E-state index in [4.69, 9.17) is 4.74 Å². The predicted octanol–water partition coefficient (Wildman–Crippen LogP) is 2.63. The first-order valence-corrected chi connectivity index (χ1v) is 6.36. The van der Waals surface area contributed by atoms with E-state index in [0.29, 0.717) is 12.6 Å². The van der Waals surface area contributed by atoms with E-state index < -0.39 is 5.60 Å². The fourth-order valence-electron chi connectivity index (χ4n) is 1.35. The second kappa shape index (κ2) is 6.84. The summed E-state index contributed by atoms with van der Waals surface area (Å²) in [4.78, 5) is 13.7. The van der Waals surface area contributed by atoms with Gasteiger partial charge in [-0.05, 0) is 34.6 Å². The van der Waals surface area contributed by atoms with Gasteiger partial charge in [-0.2, -0.15) is 0 Å². The third-order valence-electron chi connectivity index (χ3n) is 2.16. The Kier molecular flexibility index (Phi) is 6.53. The molecule has 1 amide bonds. The topological polar surface area (TPSA) is 41.6 Å². The lowest BCUT2D eigenvalue weighted by Crippen LogP contribution is -2.44. The van der Waals surface area contributed by atoms with Crippen molar-refractivity contribution in [2.45, 2.75) is 66.2 Å². The molecule has 0 aliphatic heterocycles. The van der Waals surface area contributed by atoms with Crippen LogP contribution in [0.4, 0.5) is 4.79 Å². The van der Waals surface area contributed by atoms with E-state index in [2.05, 4.69) is 19.2 Å². The van der Waals surface area contributed by atoms with Gasteiger partial charge in [-0.15, -0.1) is 0 Å². The van der Waals surface area contributed by atoms with Crippen molar-refractivity contribution >= 4 is 6.09 Å². The number of amides is 1. The minimum Gasteiger partial charge on any atom is -0.444 e. The third kappa shape index (κ3) is 8.02. The molecule has 102 valence electrons. The Labute approximate surface area is 106 Å². The number of hydrogen-bond acceptors (Lipinski definition) is 3. The van der Waals surface area contributed by atoms with Crippen LogP contribution in [-0.4, -0.2) is 41.8 Å².